The molecule has 0 aliphatic carbocycles. The number of halogens is 3. The average molecular weight is 412 g/mol. The van der Waals surface area contributed by atoms with Gasteiger partial charge in [-0.2, -0.15) is 5.10 Å². The van der Waals surface area contributed by atoms with Crippen molar-refractivity contribution in [3.05, 3.63) is 43.0 Å². The number of nitrogens with two attached hydrogens (primary N) is 1. The van der Waals surface area contributed by atoms with E-state index in [9.17, 15) is 0 Å². The van der Waals surface area contributed by atoms with Gasteiger partial charge in [-0.15, -0.1) is 0 Å². The van der Waals surface area contributed by atoms with Crippen molar-refractivity contribution in [1.82, 2.24) is 9.78 Å². The number of hydrogen-bond acceptors (Lipinski definition) is 2. The Balaban J connectivity index is 2.30. The first-order valence-electron chi connectivity index (χ1n) is 4.48. The fourth-order valence-electron chi connectivity index (χ4n) is 1.31. The van der Waals surface area contributed by atoms with Gasteiger partial charge in [0.2, 0.25) is 0 Å². The van der Waals surface area contributed by atoms with Crippen LogP contribution < -0.4 is 5.73 Å². The van der Waals surface area contributed by atoms with Crippen molar-refractivity contribution in [1.29, 1.82) is 0 Å². The van der Waals surface area contributed by atoms with E-state index in [1.165, 1.54) is 0 Å². The SMILES string of the molecule is Nc1c(I)cnn1Cc1ccc(Br)cc1Cl. The topological polar surface area (TPSA) is 43.8 Å². The summed E-state index contributed by atoms with van der Waals surface area (Å²) in [7, 11) is 0. The van der Waals surface area contributed by atoms with Gasteiger partial charge in [0.25, 0.3) is 0 Å². The molecule has 1 heterocycles. The number of rotatable bonds is 2. The fraction of sp³-hybridized carbons (Fsp3) is 0.100. The molecule has 2 N–H and O–H groups in total. The summed E-state index contributed by atoms with van der Waals surface area (Å²) in [4.78, 5) is 0. The van der Waals surface area contributed by atoms with E-state index in [0.717, 1.165) is 13.6 Å². The van der Waals surface area contributed by atoms with Crippen LogP contribution >= 0.6 is 50.1 Å². The number of nitrogen functional groups attached to an aromatic ring is 1. The Hall–Kier alpha value is -0.270. The minimum absolute atomic E-state index is 0.584. The molecular weight excluding hydrogens is 404 g/mol. The maximum atomic E-state index is 6.12. The second-order valence-corrected chi connectivity index (χ2v) is 5.76. The molecule has 0 unspecified atom stereocenters. The molecular formula is C10H8BrClIN3. The Labute approximate surface area is 120 Å². The first kappa shape index (κ1) is 12.2. The molecule has 1 aromatic carbocycles. The van der Waals surface area contributed by atoms with Gasteiger partial charge in [0.1, 0.15) is 5.82 Å². The summed E-state index contributed by atoms with van der Waals surface area (Å²) in [5.74, 6) is 0.666. The molecule has 0 atom stereocenters. The Morgan fingerprint density at radius 2 is 2.25 bits per heavy atom. The number of anilines is 1. The molecule has 0 saturated carbocycles. The quantitative estimate of drug-likeness (QED) is 0.767. The highest BCUT2D eigenvalue weighted by atomic mass is 127. The highest BCUT2D eigenvalue weighted by molar-refractivity contribution is 14.1. The third-order valence-corrected chi connectivity index (χ3v) is 3.84. The van der Waals surface area contributed by atoms with Gasteiger partial charge in [-0.1, -0.05) is 33.6 Å². The van der Waals surface area contributed by atoms with Crippen LogP contribution in [0.5, 0.6) is 0 Å². The van der Waals surface area contributed by atoms with E-state index in [0.29, 0.717) is 17.4 Å². The minimum atomic E-state index is 0.584. The van der Waals surface area contributed by atoms with Crippen LogP contribution in [-0.4, -0.2) is 9.78 Å². The van der Waals surface area contributed by atoms with E-state index in [1.807, 2.05) is 18.2 Å². The predicted molar refractivity (Wildman–Crippen MR) is 77.6 cm³/mol. The highest BCUT2D eigenvalue weighted by Gasteiger charge is 2.07. The minimum Gasteiger partial charge on any atom is -0.383 e. The van der Waals surface area contributed by atoms with Crippen LogP contribution in [0.15, 0.2) is 28.9 Å². The molecule has 2 rings (SSSR count). The molecule has 84 valence electrons. The summed E-state index contributed by atoms with van der Waals surface area (Å²) in [6.45, 7) is 0.584. The van der Waals surface area contributed by atoms with E-state index in [-0.39, 0.29) is 0 Å². The molecule has 0 saturated heterocycles. The van der Waals surface area contributed by atoms with E-state index in [2.05, 4.69) is 43.6 Å². The third kappa shape index (κ3) is 2.52. The molecule has 3 nitrogen and oxygen atoms in total. The van der Waals surface area contributed by atoms with Gasteiger partial charge >= 0.3 is 0 Å². The van der Waals surface area contributed by atoms with Crippen LogP contribution in [0.1, 0.15) is 5.56 Å². The lowest BCUT2D eigenvalue weighted by Gasteiger charge is -2.06. The molecule has 0 aliphatic heterocycles. The monoisotopic (exact) mass is 411 g/mol. The van der Waals surface area contributed by atoms with Gasteiger partial charge in [-0.3, -0.25) is 0 Å². The van der Waals surface area contributed by atoms with Crippen molar-refractivity contribution in [3.63, 3.8) is 0 Å². The summed E-state index contributed by atoms with van der Waals surface area (Å²) in [6, 6.07) is 5.77. The van der Waals surface area contributed by atoms with Crippen molar-refractivity contribution in [3.8, 4) is 0 Å². The summed E-state index contributed by atoms with van der Waals surface area (Å²) >= 11 is 11.6. The number of nitrogens with zero attached hydrogens (tertiary/aromatic N) is 2. The van der Waals surface area contributed by atoms with Gasteiger partial charge in [-0.05, 0) is 40.3 Å². The van der Waals surface area contributed by atoms with Gasteiger partial charge in [0, 0.05) is 9.50 Å². The summed E-state index contributed by atoms with van der Waals surface area (Å²) in [5.41, 5.74) is 6.87. The third-order valence-electron chi connectivity index (χ3n) is 2.17. The predicted octanol–water partition coefficient (Wildman–Crippen LogP) is 3.53. The van der Waals surface area contributed by atoms with Gasteiger partial charge in [-0.25, -0.2) is 4.68 Å². The Morgan fingerprint density at radius 3 is 2.81 bits per heavy atom. The number of benzene rings is 1. The van der Waals surface area contributed by atoms with Crippen molar-refractivity contribution >= 4 is 55.9 Å². The molecule has 16 heavy (non-hydrogen) atoms. The van der Waals surface area contributed by atoms with Crippen molar-refractivity contribution in [2.75, 3.05) is 5.73 Å². The first-order valence-corrected chi connectivity index (χ1v) is 6.73. The molecule has 1 aromatic heterocycles. The molecule has 0 spiro atoms. The molecule has 2 aromatic rings. The summed E-state index contributed by atoms with van der Waals surface area (Å²) in [5, 5.41) is 4.90. The molecule has 0 aliphatic rings. The van der Waals surface area contributed by atoms with Gasteiger partial charge in [0.15, 0.2) is 0 Å². The van der Waals surface area contributed by atoms with E-state index in [1.54, 1.807) is 10.9 Å². The molecule has 0 bridgehead atoms. The highest BCUT2D eigenvalue weighted by Crippen LogP contribution is 2.23. The maximum Gasteiger partial charge on any atom is 0.135 e. The van der Waals surface area contributed by atoms with E-state index < -0.39 is 0 Å². The molecule has 0 fully saturated rings. The molecule has 0 radical (unpaired) electrons. The van der Waals surface area contributed by atoms with E-state index >= 15 is 0 Å². The maximum absolute atomic E-state index is 6.12. The lowest BCUT2D eigenvalue weighted by atomic mass is 10.2. The Morgan fingerprint density at radius 1 is 1.50 bits per heavy atom. The zero-order valence-corrected chi connectivity index (χ0v) is 12.6. The van der Waals surface area contributed by atoms with E-state index in [4.69, 9.17) is 17.3 Å². The van der Waals surface area contributed by atoms with Crippen LogP contribution in [0.2, 0.25) is 5.02 Å². The van der Waals surface area contributed by atoms with Crippen LogP contribution in [-0.2, 0) is 6.54 Å². The molecule has 0 amide bonds. The summed E-state index contributed by atoms with van der Waals surface area (Å²) in [6.07, 6.45) is 1.74. The normalized spacial score (nSPS) is 10.7. The Bertz CT molecular complexity index is 527. The lowest BCUT2D eigenvalue weighted by Crippen LogP contribution is -2.06. The lowest BCUT2D eigenvalue weighted by molar-refractivity contribution is 0.697. The summed E-state index contributed by atoms with van der Waals surface area (Å²) < 4.78 is 3.65. The van der Waals surface area contributed by atoms with Crippen LogP contribution in [0.3, 0.4) is 0 Å². The molecule has 6 heteroatoms. The zero-order valence-electron chi connectivity index (χ0n) is 8.12. The second kappa shape index (κ2) is 4.93. The van der Waals surface area contributed by atoms with Crippen LogP contribution in [0.25, 0.3) is 0 Å². The van der Waals surface area contributed by atoms with Crippen LogP contribution in [0.4, 0.5) is 5.82 Å². The first-order chi connectivity index (χ1) is 7.58. The second-order valence-electron chi connectivity index (χ2n) is 3.27. The van der Waals surface area contributed by atoms with Gasteiger partial charge in [0.05, 0.1) is 16.3 Å². The Kier molecular flexibility index (Phi) is 3.76. The standard InChI is InChI=1S/C10H8BrClIN3/c11-7-2-1-6(8(12)3-7)5-16-10(14)9(13)4-15-16/h1-4H,5,14H2. The number of hydrogen-bond donors (Lipinski definition) is 1. The van der Waals surface area contributed by atoms with Crippen molar-refractivity contribution in [2.45, 2.75) is 6.54 Å². The zero-order chi connectivity index (χ0) is 11.7. The largest absolute Gasteiger partial charge is 0.383 e. The average Bonchev–Trinajstić information content (AvgIpc) is 2.54. The fourth-order valence-corrected chi connectivity index (χ4v) is 2.45. The van der Waals surface area contributed by atoms with Crippen molar-refractivity contribution < 1.29 is 0 Å². The smallest absolute Gasteiger partial charge is 0.135 e. The van der Waals surface area contributed by atoms with Crippen molar-refractivity contribution in [2.24, 2.45) is 0 Å². The van der Waals surface area contributed by atoms with Gasteiger partial charge < -0.3 is 5.73 Å². The number of aromatic nitrogens is 2. The van der Waals surface area contributed by atoms with Crippen LogP contribution in [0, 0.1) is 3.57 Å².